The summed E-state index contributed by atoms with van der Waals surface area (Å²) in [6.07, 6.45) is 1.00. The Morgan fingerprint density at radius 1 is 1.07 bits per heavy atom. The van der Waals surface area contributed by atoms with Crippen molar-refractivity contribution in [1.82, 2.24) is 15.5 Å². The Kier molecular flexibility index (Phi) is 9.28. The fourth-order valence-corrected chi connectivity index (χ4v) is 2.61. The summed E-state index contributed by atoms with van der Waals surface area (Å²) in [6, 6.07) is 14.6. The molecule has 0 heterocycles. The standard InChI is InChI=1S/C22H31FN4O/c1-4-24-22(26-17-19-7-5-8-20(23)15-19)25-16-18-9-11-21(12-10-18)28-14-6-13-27(2)3/h5,7-12,15H,4,6,13-14,16-17H2,1-3H3,(H2,24,25,26). The van der Waals surface area contributed by atoms with Gasteiger partial charge in [-0.1, -0.05) is 24.3 Å². The predicted octanol–water partition coefficient (Wildman–Crippen LogP) is 3.41. The highest BCUT2D eigenvalue weighted by Crippen LogP contribution is 2.12. The Balaban J connectivity index is 1.82. The Labute approximate surface area is 167 Å². The first-order chi connectivity index (χ1) is 13.6. The molecular formula is C22H31FN4O. The third-order valence-corrected chi connectivity index (χ3v) is 4.05. The minimum atomic E-state index is -0.241. The molecule has 0 unspecified atom stereocenters. The van der Waals surface area contributed by atoms with E-state index in [-0.39, 0.29) is 5.82 Å². The van der Waals surface area contributed by atoms with Gasteiger partial charge in [0.1, 0.15) is 11.6 Å². The summed E-state index contributed by atoms with van der Waals surface area (Å²) in [5, 5.41) is 6.51. The highest BCUT2D eigenvalue weighted by atomic mass is 19.1. The van der Waals surface area contributed by atoms with Crippen molar-refractivity contribution in [3.05, 3.63) is 65.5 Å². The molecule has 2 N–H and O–H groups in total. The van der Waals surface area contributed by atoms with E-state index in [0.29, 0.717) is 25.7 Å². The molecule has 0 bridgehead atoms. The first-order valence-corrected chi connectivity index (χ1v) is 9.70. The molecule has 0 radical (unpaired) electrons. The number of rotatable bonds is 10. The van der Waals surface area contributed by atoms with E-state index in [1.54, 1.807) is 6.07 Å². The van der Waals surface area contributed by atoms with Gasteiger partial charge in [-0.05, 0) is 62.8 Å². The number of aliphatic imine (C=N–C) groups is 1. The molecule has 0 atom stereocenters. The number of guanidine groups is 1. The summed E-state index contributed by atoms with van der Waals surface area (Å²) in [6.45, 7) is 5.58. The molecule has 2 rings (SSSR count). The topological polar surface area (TPSA) is 48.9 Å². The molecule has 5 nitrogen and oxygen atoms in total. The highest BCUT2D eigenvalue weighted by Gasteiger charge is 2.01. The fraction of sp³-hybridized carbons (Fsp3) is 0.409. The van der Waals surface area contributed by atoms with Crippen LogP contribution in [0, 0.1) is 5.82 Å². The van der Waals surface area contributed by atoms with E-state index < -0.39 is 0 Å². The maximum absolute atomic E-state index is 13.3. The predicted molar refractivity (Wildman–Crippen MR) is 113 cm³/mol. The third-order valence-electron chi connectivity index (χ3n) is 4.05. The van der Waals surface area contributed by atoms with Crippen LogP contribution in [0.2, 0.25) is 0 Å². The van der Waals surface area contributed by atoms with Crippen LogP contribution in [-0.2, 0) is 13.1 Å². The molecule has 0 fully saturated rings. The lowest BCUT2D eigenvalue weighted by Gasteiger charge is -2.12. The normalized spacial score (nSPS) is 11.5. The summed E-state index contributed by atoms with van der Waals surface area (Å²) >= 11 is 0. The van der Waals surface area contributed by atoms with Gasteiger partial charge in [-0.25, -0.2) is 9.38 Å². The van der Waals surface area contributed by atoms with E-state index in [1.807, 2.05) is 37.3 Å². The van der Waals surface area contributed by atoms with Crippen molar-refractivity contribution in [2.45, 2.75) is 26.4 Å². The largest absolute Gasteiger partial charge is 0.494 e. The van der Waals surface area contributed by atoms with Gasteiger partial charge in [-0.3, -0.25) is 0 Å². The summed E-state index contributed by atoms with van der Waals surface area (Å²) in [5.41, 5.74) is 1.98. The van der Waals surface area contributed by atoms with Gasteiger partial charge in [0.15, 0.2) is 5.96 Å². The molecule has 28 heavy (non-hydrogen) atoms. The molecule has 152 valence electrons. The van der Waals surface area contributed by atoms with Crippen LogP contribution in [0.4, 0.5) is 4.39 Å². The molecule has 2 aromatic carbocycles. The SMILES string of the molecule is CCNC(=NCc1cccc(F)c1)NCc1ccc(OCCCN(C)C)cc1. The molecule has 0 amide bonds. The van der Waals surface area contributed by atoms with Crippen molar-refractivity contribution in [2.75, 3.05) is 33.8 Å². The molecule has 0 spiro atoms. The highest BCUT2D eigenvalue weighted by molar-refractivity contribution is 5.79. The van der Waals surface area contributed by atoms with Gasteiger partial charge in [-0.2, -0.15) is 0 Å². The average molecular weight is 387 g/mol. The quantitative estimate of drug-likeness (QED) is 0.373. The number of benzene rings is 2. The van der Waals surface area contributed by atoms with E-state index in [0.717, 1.165) is 36.4 Å². The maximum Gasteiger partial charge on any atom is 0.191 e. The zero-order valence-electron chi connectivity index (χ0n) is 17.0. The van der Waals surface area contributed by atoms with Crippen LogP contribution in [-0.4, -0.2) is 44.7 Å². The van der Waals surface area contributed by atoms with Gasteiger partial charge in [0, 0.05) is 19.6 Å². The number of ether oxygens (including phenoxy) is 1. The van der Waals surface area contributed by atoms with Crippen LogP contribution in [0.5, 0.6) is 5.75 Å². The van der Waals surface area contributed by atoms with Crippen molar-refractivity contribution in [3.8, 4) is 5.75 Å². The van der Waals surface area contributed by atoms with E-state index in [9.17, 15) is 4.39 Å². The van der Waals surface area contributed by atoms with Gasteiger partial charge < -0.3 is 20.3 Å². The van der Waals surface area contributed by atoms with Gasteiger partial charge in [0.25, 0.3) is 0 Å². The Morgan fingerprint density at radius 2 is 1.86 bits per heavy atom. The first kappa shape index (κ1) is 21.7. The van der Waals surface area contributed by atoms with Crippen LogP contribution in [0.25, 0.3) is 0 Å². The number of nitrogens with one attached hydrogen (secondary N) is 2. The van der Waals surface area contributed by atoms with E-state index in [1.165, 1.54) is 12.1 Å². The molecule has 0 aromatic heterocycles. The van der Waals surface area contributed by atoms with Crippen LogP contribution >= 0.6 is 0 Å². The van der Waals surface area contributed by atoms with Crippen LogP contribution in [0.1, 0.15) is 24.5 Å². The second kappa shape index (κ2) is 12.0. The molecule has 0 aliphatic heterocycles. The molecular weight excluding hydrogens is 355 g/mol. The average Bonchev–Trinajstić information content (AvgIpc) is 2.68. The van der Waals surface area contributed by atoms with Crippen LogP contribution in [0.3, 0.4) is 0 Å². The Morgan fingerprint density at radius 3 is 2.54 bits per heavy atom. The van der Waals surface area contributed by atoms with Crippen molar-refractivity contribution in [2.24, 2.45) is 4.99 Å². The van der Waals surface area contributed by atoms with Gasteiger partial charge >= 0.3 is 0 Å². The van der Waals surface area contributed by atoms with Crippen molar-refractivity contribution >= 4 is 5.96 Å². The van der Waals surface area contributed by atoms with Gasteiger partial charge in [0.05, 0.1) is 13.2 Å². The van der Waals surface area contributed by atoms with E-state index in [2.05, 4.69) is 34.6 Å². The summed E-state index contributed by atoms with van der Waals surface area (Å²) < 4.78 is 19.0. The second-order valence-electron chi connectivity index (χ2n) is 6.83. The van der Waals surface area contributed by atoms with Crippen LogP contribution in [0.15, 0.2) is 53.5 Å². The number of hydrogen-bond donors (Lipinski definition) is 2. The Bertz CT molecular complexity index is 732. The number of nitrogens with zero attached hydrogens (tertiary/aromatic N) is 2. The minimum absolute atomic E-state index is 0.241. The van der Waals surface area contributed by atoms with Crippen molar-refractivity contribution in [1.29, 1.82) is 0 Å². The summed E-state index contributed by atoms with van der Waals surface area (Å²) in [4.78, 5) is 6.67. The van der Waals surface area contributed by atoms with Crippen molar-refractivity contribution < 1.29 is 9.13 Å². The monoisotopic (exact) mass is 386 g/mol. The zero-order chi connectivity index (χ0) is 20.2. The lowest BCUT2D eigenvalue weighted by Crippen LogP contribution is -2.36. The second-order valence-corrected chi connectivity index (χ2v) is 6.83. The lowest BCUT2D eigenvalue weighted by atomic mass is 10.2. The third kappa shape index (κ3) is 8.39. The molecule has 0 aliphatic carbocycles. The molecule has 0 saturated carbocycles. The maximum atomic E-state index is 13.3. The zero-order valence-corrected chi connectivity index (χ0v) is 17.0. The van der Waals surface area contributed by atoms with Gasteiger partial charge in [0.2, 0.25) is 0 Å². The smallest absolute Gasteiger partial charge is 0.191 e. The molecule has 0 aliphatic rings. The fourth-order valence-electron chi connectivity index (χ4n) is 2.61. The van der Waals surface area contributed by atoms with Gasteiger partial charge in [-0.15, -0.1) is 0 Å². The van der Waals surface area contributed by atoms with E-state index >= 15 is 0 Å². The molecule has 0 saturated heterocycles. The summed E-state index contributed by atoms with van der Waals surface area (Å²) in [5.74, 6) is 1.35. The lowest BCUT2D eigenvalue weighted by molar-refractivity contribution is 0.281. The molecule has 2 aromatic rings. The number of hydrogen-bond acceptors (Lipinski definition) is 3. The van der Waals surface area contributed by atoms with Crippen molar-refractivity contribution in [3.63, 3.8) is 0 Å². The summed E-state index contributed by atoms with van der Waals surface area (Å²) in [7, 11) is 4.12. The Hall–Kier alpha value is -2.60. The minimum Gasteiger partial charge on any atom is -0.494 e. The number of halogens is 1. The molecule has 6 heteroatoms. The first-order valence-electron chi connectivity index (χ1n) is 9.70. The van der Waals surface area contributed by atoms with Crippen LogP contribution < -0.4 is 15.4 Å². The van der Waals surface area contributed by atoms with E-state index in [4.69, 9.17) is 4.74 Å².